The molecule has 0 bridgehead atoms. The van der Waals surface area contributed by atoms with Crippen LogP contribution in [0.5, 0.6) is 0 Å². The van der Waals surface area contributed by atoms with Crippen LogP contribution in [0.3, 0.4) is 0 Å². The highest BCUT2D eigenvalue weighted by molar-refractivity contribution is 5.77. The summed E-state index contributed by atoms with van der Waals surface area (Å²) < 4.78 is 10.2. The summed E-state index contributed by atoms with van der Waals surface area (Å²) in [6.45, 7) is 3.99. The molecule has 0 heterocycles. The van der Waals surface area contributed by atoms with Gasteiger partial charge in [0.1, 0.15) is 6.61 Å². The number of para-hydroxylation sites is 1. The second kappa shape index (κ2) is 13.7. The van der Waals surface area contributed by atoms with E-state index in [1.165, 1.54) is 25.7 Å². The monoisotopic (exact) mass is 393 g/mol. The molecule has 156 valence electrons. The van der Waals surface area contributed by atoms with E-state index in [1.54, 1.807) is 25.1 Å². The average molecular weight is 393 g/mol. The third-order valence-electron chi connectivity index (χ3n) is 4.44. The van der Waals surface area contributed by atoms with E-state index in [9.17, 15) is 19.7 Å². The quantitative estimate of drug-likeness (QED) is 0.191. The van der Waals surface area contributed by atoms with E-state index in [4.69, 9.17) is 9.47 Å². The number of nitro benzene ring substituents is 1. The van der Waals surface area contributed by atoms with Crippen LogP contribution < -0.4 is 0 Å². The first kappa shape index (κ1) is 23.6. The van der Waals surface area contributed by atoms with E-state index >= 15 is 0 Å². The minimum absolute atomic E-state index is 0.0504. The van der Waals surface area contributed by atoms with Crippen molar-refractivity contribution in [1.29, 1.82) is 0 Å². The number of aryl methyl sites for hydroxylation is 1. The zero-order valence-corrected chi connectivity index (χ0v) is 16.9. The molecule has 7 nitrogen and oxygen atoms in total. The summed E-state index contributed by atoms with van der Waals surface area (Å²) in [7, 11) is 0. The molecule has 0 saturated heterocycles. The molecule has 0 aromatic heterocycles. The van der Waals surface area contributed by atoms with Gasteiger partial charge in [0.15, 0.2) is 0 Å². The van der Waals surface area contributed by atoms with Gasteiger partial charge in [-0.15, -0.1) is 0 Å². The highest BCUT2D eigenvalue weighted by atomic mass is 16.6. The molecule has 0 unspecified atom stereocenters. The number of esters is 2. The van der Waals surface area contributed by atoms with Gasteiger partial charge in [-0.1, -0.05) is 57.6 Å². The Kier molecular flexibility index (Phi) is 11.5. The number of hydrogen-bond donors (Lipinski definition) is 0. The fourth-order valence-corrected chi connectivity index (χ4v) is 2.85. The minimum Gasteiger partial charge on any atom is -0.466 e. The number of hydrogen-bond acceptors (Lipinski definition) is 6. The molecule has 1 aromatic carbocycles. The molecule has 28 heavy (non-hydrogen) atoms. The summed E-state index contributed by atoms with van der Waals surface area (Å²) in [6, 6.07) is 4.85. The van der Waals surface area contributed by atoms with Gasteiger partial charge in [-0.3, -0.25) is 19.7 Å². The fourth-order valence-electron chi connectivity index (χ4n) is 2.85. The summed E-state index contributed by atoms with van der Waals surface area (Å²) in [5.41, 5.74) is 0.789. The Bertz CT molecular complexity index is 644. The van der Waals surface area contributed by atoms with Crippen LogP contribution in [-0.2, 0) is 25.7 Å². The average Bonchev–Trinajstić information content (AvgIpc) is 2.66. The van der Waals surface area contributed by atoms with E-state index in [0.29, 0.717) is 17.7 Å². The lowest BCUT2D eigenvalue weighted by molar-refractivity contribution is -0.386. The molecule has 0 atom stereocenters. The molecule has 0 radical (unpaired) electrons. The molecule has 7 heteroatoms. The van der Waals surface area contributed by atoms with Crippen LogP contribution in [0, 0.1) is 17.0 Å². The first-order chi connectivity index (χ1) is 13.5. The molecule has 0 aliphatic heterocycles. The van der Waals surface area contributed by atoms with Crippen LogP contribution in [0.2, 0.25) is 0 Å². The highest BCUT2D eigenvalue weighted by Gasteiger charge is 2.18. The maximum atomic E-state index is 11.8. The third kappa shape index (κ3) is 9.48. The normalized spacial score (nSPS) is 10.5. The van der Waals surface area contributed by atoms with Crippen molar-refractivity contribution in [3.8, 4) is 0 Å². The predicted octanol–water partition coefficient (Wildman–Crippen LogP) is 5.02. The lowest BCUT2D eigenvalue weighted by Gasteiger charge is -2.07. The SMILES string of the molecule is CCCCCCCCCOC(=O)CCC(=O)OCc1cccc(C)c1[N+](=O)[O-]. The van der Waals surface area contributed by atoms with Crippen molar-refractivity contribution in [2.75, 3.05) is 6.61 Å². The Morgan fingerprint density at radius 3 is 2.21 bits per heavy atom. The highest BCUT2D eigenvalue weighted by Crippen LogP contribution is 2.23. The molecular weight excluding hydrogens is 362 g/mol. The van der Waals surface area contributed by atoms with Crippen LogP contribution in [0.25, 0.3) is 0 Å². The van der Waals surface area contributed by atoms with Gasteiger partial charge in [0, 0.05) is 5.56 Å². The first-order valence-electron chi connectivity index (χ1n) is 9.99. The van der Waals surface area contributed by atoms with Crippen molar-refractivity contribution in [2.45, 2.75) is 78.2 Å². The molecule has 0 aliphatic carbocycles. The van der Waals surface area contributed by atoms with E-state index in [0.717, 1.165) is 19.3 Å². The number of unbranched alkanes of at least 4 members (excludes halogenated alkanes) is 6. The summed E-state index contributed by atoms with van der Waals surface area (Å²) in [4.78, 5) is 34.1. The number of ether oxygens (including phenoxy) is 2. The lowest BCUT2D eigenvalue weighted by Crippen LogP contribution is -2.11. The molecule has 0 N–H and O–H groups in total. The van der Waals surface area contributed by atoms with Crippen LogP contribution in [0.4, 0.5) is 5.69 Å². The molecule has 0 fully saturated rings. The van der Waals surface area contributed by atoms with Crippen molar-refractivity contribution in [1.82, 2.24) is 0 Å². The van der Waals surface area contributed by atoms with E-state index in [2.05, 4.69) is 6.92 Å². The summed E-state index contributed by atoms with van der Waals surface area (Å²) >= 11 is 0. The molecule has 0 spiro atoms. The molecule has 0 saturated carbocycles. The van der Waals surface area contributed by atoms with Gasteiger partial charge in [-0.2, -0.15) is 0 Å². The van der Waals surface area contributed by atoms with Gasteiger partial charge in [-0.05, 0) is 19.4 Å². The largest absolute Gasteiger partial charge is 0.466 e. The number of benzene rings is 1. The van der Waals surface area contributed by atoms with Gasteiger partial charge < -0.3 is 9.47 Å². The standard InChI is InChI=1S/C21H31NO6/c1-3-4-5-6-7-8-9-15-27-19(23)13-14-20(24)28-16-18-12-10-11-17(2)21(18)22(25)26/h10-12H,3-9,13-16H2,1-2H3. The first-order valence-corrected chi connectivity index (χ1v) is 9.99. The second-order valence-electron chi connectivity index (χ2n) is 6.84. The Labute approximate surface area is 166 Å². The number of rotatable bonds is 14. The van der Waals surface area contributed by atoms with Gasteiger partial charge >= 0.3 is 11.9 Å². The van der Waals surface area contributed by atoms with Crippen molar-refractivity contribution < 1.29 is 24.0 Å². The minimum atomic E-state index is -0.580. The van der Waals surface area contributed by atoms with Crippen molar-refractivity contribution in [3.63, 3.8) is 0 Å². The third-order valence-corrected chi connectivity index (χ3v) is 4.44. The summed E-state index contributed by atoms with van der Waals surface area (Å²) in [5.74, 6) is -1.01. The topological polar surface area (TPSA) is 95.7 Å². The second-order valence-corrected chi connectivity index (χ2v) is 6.84. The Morgan fingerprint density at radius 2 is 1.57 bits per heavy atom. The Hall–Kier alpha value is -2.44. The van der Waals surface area contributed by atoms with Crippen LogP contribution in [-0.4, -0.2) is 23.5 Å². The van der Waals surface area contributed by atoms with Crippen LogP contribution >= 0.6 is 0 Å². The maximum absolute atomic E-state index is 11.8. The smallest absolute Gasteiger partial charge is 0.306 e. The van der Waals surface area contributed by atoms with E-state index < -0.39 is 16.9 Å². The molecular formula is C21H31NO6. The zero-order chi connectivity index (χ0) is 20.8. The molecule has 1 rings (SSSR count). The van der Waals surface area contributed by atoms with Crippen molar-refractivity contribution in [3.05, 3.63) is 39.4 Å². The Balaban J connectivity index is 2.19. The number of nitrogens with zero attached hydrogens (tertiary/aromatic N) is 1. The number of carbonyl (C=O) groups is 2. The lowest BCUT2D eigenvalue weighted by atomic mass is 10.1. The van der Waals surface area contributed by atoms with Crippen molar-refractivity contribution >= 4 is 17.6 Å². The summed E-state index contributed by atoms with van der Waals surface area (Å²) in [6.07, 6.45) is 7.82. The van der Waals surface area contributed by atoms with Gasteiger partial charge in [-0.25, -0.2) is 0 Å². The molecule has 0 aliphatic rings. The van der Waals surface area contributed by atoms with Crippen LogP contribution in [0.1, 0.15) is 75.8 Å². The molecule has 0 amide bonds. The predicted molar refractivity (Wildman–Crippen MR) is 106 cm³/mol. The fraction of sp³-hybridized carbons (Fsp3) is 0.619. The van der Waals surface area contributed by atoms with Crippen molar-refractivity contribution in [2.24, 2.45) is 0 Å². The number of nitro groups is 1. The van der Waals surface area contributed by atoms with Gasteiger partial charge in [0.25, 0.3) is 5.69 Å². The van der Waals surface area contributed by atoms with E-state index in [1.807, 2.05) is 0 Å². The van der Waals surface area contributed by atoms with Gasteiger partial charge in [0.2, 0.25) is 0 Å². The Morgan fingerprint density at radius 1 is 0.964 bits per heavy atom. The van der Waals surface area contributed by atoms with E-state index in [-0.39, 0.29) is 25.1 Å². The zero-order valence-electron chi connectivity index (χ0n) is 16.9. The maximum Gasteiger partial charge on any atom is 0.306 e. The van der Waals surface area contributed by atoms with Crippen LogP contribution in [0.15, 0.2) is 18.2 Å². The summed E-state index contributed by atoms with van der Waals surface area (Å²) in [5, 5.41) is 11.1. The molecule has 1 aromatic rings. The number of carbonyl (C=O) groups excluding carboxylic acids is 2. The van der Waals surface area contributed by atoms with Gasteiger partial charge in [0.05, 0.1) is 29.9 Å².